The van der Waals surface area contributed by atoms with Gasteiger partial charge in [0.05, 0.1) is 0 Å². The average Bonchev–Trinajstić information content (AvgIpc) is 2.69. The number of rotatable bonds is 1. The molecule has 2 fully saturated rings. The Kier molecular flexibility index (Phi) is 1.86. The first kappa shape index (κ1) is 9.63. The van der Waals surface area contributed by atoms with Gasteiger partial charge in [-0.15, -0.1) is 11.3 Å². The molecule has 2 aliphatic rings. The predicted molar refractivity (Wildman–Crippen MR) is 72.2 cm³/mol. The second kappa shape index (κ2) is 3.09. The zero-order valence-electron chi connectivity index (χ0n) is 8.79. The van der Waals surface area contributed by atoms with Crippen LogP contribution in [0.25, 0.3) is 10.1 Å². The second-order valence-electron chi connectivity index (χ2n) is 4.98. The van der Waals surface area contributed by atoms with E-state index >= 15 is 0 Å². The number of nitrogens with one attached hydrogen (secondary N) is 1. The molecule has 16 heavy (non-hydrogen) atoms. The highest BCUT2D eigenvalue weighted by Crippen LogP contribution is 2.58. The zero-order chi connectivity index (χ0) is 10.8. The van der Waals surface area contributed by atoms with E-state index in [9.17, 15) is 0 Å². The summed E-state index contributed by atoms with van der Waals surface area (Å²) in [7, 11) is 0. The first-order valence-corrected chi connectivity index (χ1v) is 7.29. The quantitative estimate of drug-likeness (QED) is 0.848. The standard InChI is InChI=1S/C13H12BrNS/c14-10-1-2-11-8(3-10)4-12(16-11)13-5-9(13)6-15-7-13/h1-4,9,15H,5-7H2. The molecule has 0 bridgehead atoms. The summed E-state index contributed by atoms with van der Waals surface area (Å²) in [6.45, 7) is 2.41. The van der Waals surface area contributed by atoms with Crippen molar-refractivity contribution in [1.29, 1.82) is 0 Å². The molecule has 1 N–H and O–H groups in total. The van der Waals surface area contributed by atoms with Crippen LogP contribution in [0, 0.1) is 5.92 Å². The highest BCUT2D eigenvalue weighted by Gasteiger charge is 2.58. The van der Waals surface area contributed by atoms with E-state index in [0.717, 1.165) is 5.92 Å². The minimum atomic E-state index is 0.510. The molecular weight excluding hydrogens is 282 g/mol. The summed E-state index contributed by atoms with van der Waals surface area (Å²) in [6.07, 6.45) is 1.40. The topological polar surface area (TPSA) is 12.0 Å². The number of thiophene rings is 1. The molecule has 1 nitrogen and oxygen atoms in total. The van der Waals surface area contributed by atoms with Gasteiger partial charge >= 0.3 is 0 Å². The molecule has 1 saturated carbocycles. The Labute approximate surface area is 107 Å². The third-order valence-corrected chi connectivity index (χ3v) is 5.86. The van der Waals surface area contributed by atoms with Crippen molar-refractivity contribution >= 4 is 37.4 Å². The molecular formula is C13H12BrNS. The number of benzene rings is 1. The summed E-state index contributed by atoms with van der Waals surface area (Å²) in [5.74, 6) is 0.906. The van der Waals surface area contributed by atoms with Gasteiger partial charge in [0.2, 0.25) is 0 Å². The Morgan fingerprint density at radius 3 is 3.06 bits per heavy atom. The largest absolute Gasteiger partial charge is 0.315 e. The van der Waals surface area contributed by atoms with E-state index in [1.807, 2.05) is 11.3 Å². The Balaban J connectivity index is 1.87. The lowest BCUT2D eigenvalue weighted by atomic mass is 10.0. The van der Waals surface area contributed by atoms with E-state index in [2.05, 4.69) is 45.5 Å². The van der Waals surface area contributed by atoms with Crippen molar-refractivity contribution in [1.82, 2.24) is 5.32 Å². The average molecular weight is 294 g/mol. The highest BCUT2D eigenvalue weighted by atomic mass is 79.9. The molecule has 3 heteroatoms. The van der Waals surface area contributed by atoms with Crippen molar-refractivity contribution in [3.63, 3.8) is 0 Å². The smallest absolute Gasteiger partial charge is 0.0346 e. The van der Waals surface area contributed by atoms with Crippen LogP contribution in [-0.4, -0.2) is 13.1 Å². The molecule has 1 aliphatic carbocycles. The van der Waals surface area contributed by atoms with Crippen LogP contribution in [0.15, 0.2) is 28.7 Å². The lowest BCUT2D eigenvalue weighted by Crippen LogP contribution is -2.18. The van der Waals surface area contributed by atoms with E-state index in [1.54, 1.807) is 4.88 Å². The number of piperidine rings is 1. The van der Waals surface area contributed by atoms with Crippen molar-refractivity contribution in [2.24, 2.45) is 5.92 Å². The molecule has 2 aromatic rings. The van der Waals surface area contributed by atoms with Crippen LogP contribution in [0.3, 0.4) is 0 Å². The number of fused-ring (bicyclic) bond motifs is 2. The molecule has 2 heterocycles. The van der Waals surface area contributed by atoms with Gasteiger partial charge in [0.15, 0.2) is 0 Å². The van der Waals surface area contributed by atoms with Gasteiger partial charge in [0.25, 0.3) is 0 Å². The van der Waals surface area contributed by atoms with Crippen LogP contribution >= 0.6 is 27.3 Å². The summed E-state index contributed by atoms with van der Waals surface area (Å²) in [5.41, 5.74) is 0.510. The highest BCUT2D eigenvalue weighted by molar-refractivity contribution is 9.10. The molecule has 1 saturated heterocycles. The van der Waals surface area contributed by atoms with Gasteiger partial charge in [0, 0.05) is 26.0 Å². The predicted octanol–water partition coefficient (Wildman–Crippen LogP) is 3.52. The van der Waals surface area contributed by atoms with Gasteiger partial charge in [0.1, 0.15) is 0 Å². The first-order valence-electron chi connectivity index (χ1n) is 5.68. The fourth-order valence-corrected chi connectivity index (χ4v) is 4.68. The van der Waals surface area contributed by atoms with E-state index in [0.29, 0.717) is 5.41 Å². The Morgan fingerprint density at radius 2 is 2.31 bits per heavy atom. The lowest BCUT2D eigenvalue weighted by molar-refractivity contribution is 0.686. The van der Waals surface area contributed by atoms with Crippen molar-refractivity contribution in [2.45, 2.75) is 11.8 Å². The molecule has 82 valence electrons. The monoisotopic (exact) mass is 293 g/mol. The maximum Gasteiger partial charge on any atom is 0.0346 e. The lowest BCUT2D eigenvalue weighted by Gasteiger charge is -2.07. The number of hydrogen-bond acceptors (Lipinski definition) is 2. The fourth-order valence-electron chi connectivity index (χ4n) is 2.98. The third kappa shape index (κ3) is 1.19. The summed E-state index contributed by atoms with van der Waals surface area (Å²) in [6, 6.07) is 8.99. The maximum absolute atomic E-state index is 3.54. The molecule has 0 spiro atoms. The minimum absolute atomic E-state index is 0.510. The van der Waals surface area contributed by atoms with Gasteiger partial charge in [-0.25, -0.2) is 0 Å². The van der Waals surface area contributed by atoms with Crippen molar-refractivity contribution < 1.29 is 0 Å². The SMILES string of the molecule is Brc1ccc2sc(C34CNCC3C4)cc2c1. The van der Waals surface area contributed by atoms with Gasteiger partial charge < -0.3 is 5.32 Å². The maximum atomic E-state index is 3.54. The molecule has 0 amide bonds. The second-order valence-corrected chi connectivity index (χ2v) is 6.98. The van der Waals surface area contributed by atoms with Gasteiger partial charge in [-0.1, -0.05) is 15.9 Å². The normalized spacial score (nSPS) is 31.9. The Bertz CT molecular complexity index is 576. The molecule has 2 unspecified atom stereocenters. The summed E-state index contributed by atoms with van der Waals surface area (Å²) < 4.78 is 2.60. The minimum Gasteiger partial charge on any atom is -0.315 e. The first-order chi connectivity index (χ1) is 7.78. The van der Waals surface area contributed by atoms with Crippen LogP contribution in [0.2, 0.25) is 0 Å². The van der Waals surface area contributed by atoms with E-state index in [-0.39, 0.29) is 0 Å². The fraction of sp³-hybridized carbons (Fsp3) is 0.385. The molecule has 0 radical (unpaired) electrons. The molecule has 1 aromatic heterocycles. The van der Waals surface area contributed by atoms with Crippen molar-refractivity contribution in [3.8, 4) is 0 Å². The molecule has 1 aromatic carbocycles. The van der Waals surface area contributed by atoms with Crippen LogP contribution < -0.4 is 5.32 Å². The number of halogens is 1. The van der Waals surface area contributed by atoms with Gasteiger partial charge in [-0.3, -0.25) is 0 Å². The zero-order valence-corrected chi connectivity index (χ0v) is 11.2. The molecule has 1 aliphatic heterocycles. The molecule has 2 atom stereocenters. The van der Waals surface area contributed by atoms with Crippen LogP contribution in [-0.2, 0) is 5.41 Å². The van der Waals surface area contributed by atoms with Crippen molar-refractivity contribution in [2.75, 3.05) is 13.1 Å². The van der Waals surface area contributed by atoms with Crippen LogP contribution in [0.4, 0.5) is 0 Å². The molecule has 4 rings (SSSR count). The van der Waals surface area contributed by atoms with E-state index in [4.69, 9.17) is 0 Å². The summed E-state index contributed by atoms with van der Waals surface area (Å²) in [4.78, 5) is 1.59. The van der Waals surface area contributed by atoms with Crippen LogP contribution in [0.1, 0.15) is 11.3 Å². The Hall–Kier alpha value is -0.380. The van der Waals surface area contributed by atoms with Crippen LogP contribution in [0.5, 0.6) is 0 Å². The van der Waals surface area contributed by atoms with E-state index < -0.39 is 0 Å². The summed E-state index contributed by atoms with van der Waals surface area (Å²) >= 11 is 5.52. The number of hydrogen-bond donors (Lipinski definition) is 1. The van der Waals surface area contributed by atoms with Gasteiger partial charge in [-0.2, -0.15) is 0 Å². The third-order valence-electron chi connectivity index (χ3n) is 4.03. The summed E-state index contributed by atoms with van der Waals surface area (Å²) in [5, 5.41) is 4.90. The Morgan fingerprint density at radius 1 is 1.38 bits per heavy atom. The van der Waals surface area contributed by atoms with Gasteiger partial charge in [-0.05, 0) is 48.5 Å². The van der Waals surface area contributed by atoms with E-state index in [1.165, 1.54) is 34.1 Å². The van der Waals surface area contributed by atoms with Crippen molar-refractivity contribution in [3.05, 3.63) is 33.6 Å².